The van der Waals surface area contributed by atoms with Crippen LogP contribution >= 0.6 is 0 Å². The van der Waals surface area contributed by atoms with E-state index in [4.69, 9.17) is 0 Å². The monoisotopic (exact) mass is 265 g/mol. The summed E-state index contributed by atoms with van der Waals surface area (Å²) in [6.45, 7) is 12.0. The van der Waals surface area contributed by atoms with E-state index < -0.39 is 0 Å². The second-order valence-corrected chi connectivity index (χ2v) is 6.94. The lowest BCUT2D eigenvalue weighted by atomic mass is 9.70. The fraction of sp³-hybridized carbons (Fsp3) is 0.875. The number of amides is 1. The van der Waals surface area contributed by atoms with Crippen molar-refractivity contribution in [1.82, 2.24) is 4.90 Å². The van der Waals surface area contributed by atoms with Crippen molar-refractivity contribution in [3.63, 3.8) is 0 Å². The van der Waals surface area contributed by atoms with Crippen LogP contribution in [0.5, 0.6) is 0 Å². The van der Waals surface area contributed by atoms with Crippen LogP contribution in [0.2, 0.25) is 0 Å². The first kappa shape index (κ1) is 14.5. The number of nitrogens with zero attached hydrogens (tertiary/aromatic N) is 1. The quantitative estimate of drug-likeness (QED) is 0.784. The molecule has 2 aliphatic rings. The largest absolute Gasteiger partial charge is 0.343 e. The van der Waals surface area contributed by atoms with Gasteiger partial charge in [0.05, 0.1) is 0 Å². The SMILES string of the molecule is CCN(CC)C(=O)C[C@H]1C(=O)[C@@]2(C)CC[C@H]1C2(C)C. The average Bonchev–Trinajstić information content (AvgIpc) is 2.65. The first-order valence-corrected chi connectivity index (χ1v) is 7.61. The summed E-state index contributed by atoms with van der Waals surface area (Å²) in [5.74, 6) is 0.843. The second-order valence-electron chi connectivity index (χ2n) is 6.94. The van der Waals surface area contributed by atoms with E-state index in [0.29, 0.717) is 18.1 Å². The van der Waals surface area contributed by atoms with Gasteiger partial charge in [0.2, 0.25) is 5.91 Å². The maximum absolute atomic E-state index is 12.7. The first-order chi connectivity index (χ1) is 8.79. The molecule has 2 bridgehead atoms. The smallest absolute Gasteiger partial charge is 0.223 e. The van der Waals surface area contributed by atoms with Gasteiger partial charge in [-0.15, -0.1) is 0 Å². The minimum Gasteiger partial charge on any atom is -0.343 e. The highest BCUT2D eigenvalue weighted by Crippen LogP contribution is 2.66. The Balaban J connectivity index is 2.16. The normalized spacial score (nSPS) is 35.7. The summed E-state index contributed by atoms with van der Waals surface area (Å²) in [5.41, 5.74) is -0.149. The molecule has 2 rings (SSSR count). The molecule has 3 nitrogen and oxygen atoms in total. The van der Waals surface area contributed by atoms with Gasteiger partial charge in [0.25, 0.3) is 0 Å². The van der Waals surface area contributed by atoms with Crippen molar-refractivity contribution in [2.45, 2.75) is 53.9 Å². The zero-order chi connectivity index (χ0) is 14.4. The maximum atomic E-state index is 12.7. The number of rotatable bonds is 4. The van der Waals surface area contributed by atoms with Crippen LogP contribution in [0, 0.1) is 22.7 Å². The number of hydrogen-bond acceptors (Lipinski definition) is 2. The summed E-state index contributed by atoms with van der Waals surface area (Å²) >= 11 is 0. The molecule has 2 saturated carbocycles. The topological polar surface area (TPSA) is 37.4 Å². The van der Waals surface area contributed by atoms with Gasteiger partial charge >= 0.3 is 0 Å². The zero-order valence-corrected chi connectivity index (χ0v) is 13.0. The third kappa shape index (κ3) is 1.85. The van der Waals surface area contributed by atoms with Crippen molar-refractivity contribution in [2.75, 3.05) is 13.1 Å². The fourth-order valence-electron chi connectivity index (χ4n) is 4.40. The predicted molar refractivity (Wildman–Crippen MR) is 75.7 cm³/mol. The van der Waals surface area contributed by atoms with Crippen molar-refractivity contribution >= 4 is 11.7 Å². The van der Waals surface area contributed by atoms with E-state index in [1.165, 1.54) is 0 Å². The first-order valence-electron chi connectivity index (χ1n) is 7.61. The van der Waals surface area contributed by atoms with Gasteiger partial charge in [-0.05, 0) is 38.0 Å². The fourth-order valence-corrected chi connectivity index (χ4v) is 4.40. The van der Waals surface area contributed by atoms with Gasteiger partial charge in [-0.3, -0.25) is 9.59 Å². The Bertz CT molecular complexity index is 398. The van der Waals surface area contributed by atoms with E-state index >= 15 is 0 Å². The standard InChI is InChI=1S/C16H27NO2/c1-6-17(7-2)13(18)10-11-12-8-9-16(5,14(11)19)15(12,3)4/h11-12H,6-10H2,1-5H3/t11-,12-,16-/m1/s1. The molecular formula is C16H27NO2. The van der Waals surface area contributed by atoms with Gasteiger partial charge < -0.3 is 4.90 Å². The molecule has 0 aliphatic heterocycles. The molecule has 0 aromatic heterocycles. The molecule has 0 unspecified atom stereocenters. The summed E-state index contributed by atoms with van der Waals surface area (Å²) in [5, 5.41) is 0. The Morgan fingerprint density at radius 1 is 1.26 bits per heavy atom. The summed E-state index contributed by atoms with van der Waals surface area (Å²) in [4.78, 5) is 26.8. The van der Waals surface area contributed by atoms with Gasteiger partial charge in [-0.25, -0.2) is 0 Å². The Hall–Kier alpha value is -0.860. The molecule has 2 aliphatic carbocycles. The third-order valence-corrected chi connectivity index (χ3v) is 6.18. The average molecular weight is 265 g/mol. The second kappa shape index (κ2) is 4.60. The molecule has 0 radical (unpaired) electrons. The number of hydrogen-bond donors (Lipinski definition) is 0. The lowest BCUT2D eigenvalue weighted by Crippen LogP contribution is -2.36. The summed E-state index contributed by atoms with van der Waals surface area (Å²) in [6.07, 6.45) is 2.52. The number of carbonyl (C=O) groups is 2. The molecule has 1 amide bonds. The van der Waals surface area contributed by atoms with Crippen LogP contribution in [0.3, 0.4) is 0 Å². The molecule has 0 aromatic rings. The van der Waals surface area contributed by atoms with Gasteiger partial charge in [-0.2, -0.15) is 0 Å². The van der Waals surface area contributed by atoms with Crippen molar-refractivity contribution < 1.29 is 9.59 Å². The van der Waals surface area contributed by atoms with Crippen LogP contribution < -0.4 is 0 Å². The number of ketones is 1. The van der Waals surface area contributed by atoms with Crippen LogP contribution in [0.1, 0.15) is 53.9 Å². The van der Waals surface area contributed by atoms with Crippen LogP contribution in [0.15, 0.2) is 0 Å². The molecule has 3 atom stereocenters. The molecule has 2 fully saturated rings. The highest BCUT2D eigenvalue weighted by atomic mass is 16.2. The van der Waals surface area contributed by atoms with Crippen LogP contribution in [-0.2, 0) is 9.59 Å². The number of carbonyl (C=O) groups excluding carboxylic acids is 2. The number of Topliss-reactive ketones (excluding diaryl/α,β-unsaturated/α-hetero) is 1. The van der Waals surface area contributed by atoms with Crippen molar-refractivity contribution in [2.24, 2.45) is 22.7 Å². The van der Waals surface area contributed by atoms with Crippen molar-refractivity contribution in [3.8, 4) is 0 Å². The van der Waals surface area contributed by atoms with Crippen LogP contribution in [0.25, 0.3) is 0 Å². The predicted octanol–water partition coefficient (Wildman–Crippen LogP) is 2.89. The Labute approximate surface area is 116 Å². The van der Waals surface area contributed by atoms with E-state index in [1.807, 2.05) is 18.7 Å². The van der Waals surface area contributed by atoms with Gasteiger partial charge in [0.15, 0.2) is 0 Å². The van der Waals surface area contributed by atoms with Crippen molar-refractivity contribution in [1.29, 1.82) is 0 Å². The lowest BCUT2D eigenvalue weighted by molar-refractivity contribution is -0.138. The zero-order valence-electron chi connectivity index (χ0n) is 13.0. The summed E-state index contributed by atoms with van der Waals surface area (Å²) in [7, 11) is 0. The molecular weight excluding hydrogens is 238 g/mol. The lowest BCUT2D eigenvalue weighted by Gasteiger charge is -2.32. The highest BCUT2D eigenvalue weighted by molar-refractivity contribution is 5.94. The molecule has 3 heteroatoms. The van der Waals surface area contributed by atoms with Gasteiger partial charge in [-0.1, -0.05) is 20.8 Å². The van der Waals surface area contributed by atoms with E-state index in [1.54, 1.807) is 0 Å². The summed E-state index contributed by atoms with van der Waals surface area (Å²) in [6, 6.07) is 0. The Morgan fingerprint density at radius 2 is 1.84 bits per heavy atom. The summed E-state index contributed by atoms with van der Waals surface area (Å²) < 4.78 is 0. The minimum absolute atomic E-state index is 0.0400. The molecule has 108 valence electrons. The van der Waals surface area contributed by atoms with E-state index in [2.05, 4.69) is 20.8 Å². The van der Waals surface area contributed by atoms with Crippen molar-refractivity contribution in [3.05, 3.63) is 0 Å². The molecule has 0 N–H and O–H groups in total. The molecule has 0 aromatic carbocycles. The number of fused-ring (bicyclic) bond motifs is 2. The van der Waals surface area contributed by atoms with Gasteiger partial charge in [0.1, 0.15) is 5.78 Å². The highest BCUT2D eigenvalue weighted by Gasteiger charge is 2.66. The van der Waals surface area contributed by atoms with Gasteiger partial charge in [0, 0.05) is 30.8 Å². The maximum Gasteiger partial charge on any atom is 0.223 e. The van der Waals surface area contributed by atoms with E-state index in [-0.39, 0.29) is 22.7 Å². The minimum atomic E-state index is -0.203. The molecule has 0 heterocycles. The molecule has 0 saturated heterocycles. The van der Waals surface area contributed by atoms with Crippen LogP contribution in [-0.4, -0.2) is 29.7 Å². The Kier molecular flexibility index (Phi) is 3.53. The third-order valence-electron chi connectivity index (χ3n) is 6.18. The van der Waals surface area contributed by atoms with E-state index in [0.717, 1.165) is 25.9 Å². The van der Waals surface area contributed by atoms with Crippen LogP contribution in [0.4, 0.5) is 0 Å². The molecule has 19 heavy (non-hydrogen) atoms. The Morgan fingerprint density at radius 3 is 2.26 bits per heavy atom. The molecule has 0 spiro atoms. The van der Waals surface area contributed by atoms with E-state index in [9.17, 15) is 9.59 Å².